The molecule has 3 heterocycles. The van der Waals surface area contributed by atoms with E-state index in [-0.39, 0.29) is 25.9 Å². The Morgan fingerprint density at radius 3 is 2.38 bits per heavy atom. The van der Waals surface area contributed by atoms with Gasteiger partial charge in [0.25, 0.3) is 0 Å². The maximum Gasteiger partial charge on any atom is 0.123 e. The molecule has 40 heavy (non-hydrogen) atoms. The van der Waals surface area contributed by atoms with Crippen LogP contribution >= 0.6 is 11.3 Å². The molecule has 0 saturated heterocycles. The number of benzene rings is 3. The number of hydrogen-bond acceptors (Lipinski definition) is 3. The predicted molar refractivity (Wildman–Crippen MR) is 167 cm³/mol. The van der Waals surface area contributed by atoms with Gasteiger partial charge in [-0.15, -0.1) is 59.7 Å². The number of nitrogens with zero attached hydrogens (tertiary/aromatic N) is 2. The zero-order valence-electron chi connectivity index (χ0n) is 24.2. The Labute approximate surface area is 256 Å². The van der Waals surface area contributed by atoms with Crippen molar-refractivity contribution in [3.05, 3.63) is 115 Å². The summed E-state index contributed by atoms with van der Waals surface area (Å²) < 4.78 is 23.9. The van der Waals surface area contributed by atoms with E-state index >= 15 is 0 Å². The minimum Gasteiger partial charge on any atom is -0.305 e. The van der Waals surface area contributed by atoms with Crippen LogP contribution in [0.5, 0.6) is 0 Å². The third-order valence-corrected chi connectivity index (χ3v) is 9.83. The fourth-order valence-corrected chi connectivity index (χ4v) is 6.56. The molecular weight excluding hydrogens is 708 g/mol. The predicted octanol–water partition coefficient (Wildman–Crippen LogP) is 9.27. The fraction of sp³-hybridized carbons (Fsp3) is 0.176. The van der Waals surface area contributed by atoms with Gasteiger partial charge >= 0.3 is 0 Å². The SMILES string of the molecule is C[Si](C)(C)c1ccc(-c2[c-]cccc2)nc1.[2H]C(C)(C)c1ccnc(-c2[c-]ccc3c2sc2ccc(F)cc23)c1.[Ir]. The molecule has 3 aromatic carbocycles. The quantitative estimate of drug-likeness (QED) is 0.133. The van der Waals surface area contributed by atoms with Crippen LogP contribution in [0.1, 0.15) is 26.7 Å². The molecule has 0 spiro atoms. The van der Waals surface area contributed by atoms with Crippen molar-refractivity contribution in [2.45, 2.75) is 39.4 Å². The Bertz CT molecular complexity index is 1780. The summed E-state index contributed by atoms with van der Waals surface area (Å²) >= 11 is 1.62. The third kappa shape index (κ3) is 6.64. The first-order valence-corrected chi connectivity index (χ1v) is 17.3. The first-order chi connectivity index (χ1) is 19.0. The summed E-state index contributed by atoms with van der Waals surface area (Å²) in [5, 5.41) is 3.33. The van der Waals surface area contributed by atoms with E-state index in [4.69, 9.17) is 1.37 Å². The van der Waals surface area contributed by atoms with Crippen molar-refractivity contribution in [1.29, 1.82) is 0 Å². The molecule has 0 N–H and O–H groups in total. The van der Waals surface area contributed by atoms with Crippen LogP contribution in [0, 0.1) is 17.9 Å². The summed E-state index contributed by atoms with van der Waals surface area (Å²) in [5.74, 6) is -0.915. The third-order valence-electron chi connectivity index (χ3n) is 6.60. The van der Waals surface area contributed by atoms with E-state index in [1.807, 2.05) is 74.6 Å². The molecule has 0 fully saturated rings. The Kier molecular flexibility index (Phi) is 9.02. The van der Waals surface area contributed by atoms with Crippen LogP contribution in [0.2, 0.25) is 19.6 Å². The van der Waals surface area contributed by atoms with Gasteiger partial charge < -0.3 is 9.97 Å². The summed E-state index contributed by atoms with van der Waals surface area (Å²) in [6.07, 6.45) is 3.75. The Morgan fingerprint density at radius 1 is 0.875 bits per heavy atom. The number of fused-ring (bicyclic) bond motifs is 3. The zero-order chi connectivity index (χ0) is 28.5. The van der Waals surface area contributed by atoms with Crippen LogP contribution in [0.25, 0.3) is 42.7 Å². The number of thiophene rings is 1. The van der Waals surface area contributed by atoms with Gasteiger partial charge in [-0.1, -0.05) is 62.6 Å². The average molecular weight is 740 g/mol. The van der Waals surface area contributed by atoms with Crippen LogP contribution in [-0.4, -0.2) is 18.0 Å². The molecule has 205 valence electrons. The van der Waals surface area contributed by atoms with Gasteiger partial charge in [-0.2, -0.15) is 11.3 Å². The smallest absolute Gasteiger partial charge is 0.123 e. The molecule has 0 saturated carbocycles. The second-order valence-electron chi connectivity index (χ2n) is 10.7. The molecule has 6 aromatic rings. The molecule has 1 radical (unpaired) electrons. The summed E-state index contributed by atoms with van der Waals surface area (Å²) in [6, 6.07) is 31.2. The molecule has 6 heteroatoms. The normalized spacial score (nSPS) is 11.9. The number of pyridine rings is 2. The molecular formula is C34H31FIrN2SSi-2. The van der Waals surface area contributed by atoms with Crippen molar-refractivity contribution in [3.8, 4) is 22.5 Å². The molecule has 0 aliphatic carbocycles. The molecule has 6 rings (SSSR count). The largest absolute Gasteiger partial charge is 0.305 e. The van der Waals surface area contributed by atoms with Gasteiger partial charge in [0.05, 0.1) is 8.07 Å². The van der Waals surface area contributed by atoms with Gasteiger partial charge in [0.1, 0.15) is 5.82 Å². The van der Waals surface area contributed by atoms with Crippen molar-refractivity contribution >= 4 is 44.8 Å². The molecule has 0 atom stereocenters. The van der Waals surface area contributed by atoms with E-state index in [0.717, 1.165) is 48.3 Å². The topological polar surface area (TPSA) is 25.8 Å². The van der Waals surface area contributed by atoms with Crippen LogP contribution in [0.3, 0.4) is 0 Å². The second kappa shape index (κ2) is 12.7. The monoisotopic (exact) mass is 740 g/mol. The molecule has 0 bridgehead atoms. The average Bonchev–Trinajstić information content (AvgIpc) is 3.31. The number of halogens is 1. The Hall–Kier alpha value is -3.02. The summed E-state index contributed by atoms with van der Waals surface area (Å²) in [7, 11) is -1.23. The standard InChI is InChI=1S/C20H15FNS.C14H16NSi.Ir/c1-12(2)13-8-9-22-18(10-13)16-5-3-4-15-17-11-14(21)6-7-19(17)23-20(15)16;1-16(2,3)13-9-10-14(15-11-13)12-7-5-4-6-8-12;/h3-4,6-12H,1-2H3;4-7,9-11H,1-3H3;/q2*-1;/i12D;;. The van der Waals surface area contributed by atoms with E-state index in [0.29, 0.717) is 0 Å². The van der Waals surface area contributed by atoms with Crippen molar-refractivity contribution in [2.75, 3.05) is 0 Å². The molecule has 0 amide bonds. The fourth-order valence-electron chi connectivity index (χ4n) is 4.33. The van der Waals surface area contributed by atoms with Crippen LogP contribution < -0.4 is 5.19 Å². The van der Waals surface area contributed by atoms with E-state index in [9.17, 15) is 4.39 Å². The van der Waals surface area contributed by atoms with Crippen molar-refractivity contribution in [2.24, 2.45) is 0 Å². The molecule has 0 unspecified atom stereocenters. The minimum absolute atomic E-state index is 0. The van der Waals surface area contributed by atoms with Crippen molar-refractivity contribution < 1.29 is 25.9 Å². The molecule has 0 aliphatic rings. The first kappa shape index (κ1) is 28.5. The number of hydrogen-bond donors (Lipinski definition) is 0. The van der Waals surface area contributed by atoms with Crippen molar-refractivity contribution in [3.63, 3.8) is 0 Å². The van der Waals surface area contributed by atoms with Crippen LogP contribution in [0.15, 0.2) is 91.3 Å². The van der Waals surface area contributed by atoms with E-state index < -0.39 is 14.0 Å². The first-order valence-electron chi connectivity index (χ1n) is 13.4. The summed E-state index contributed by atoms with van der Waals surface area (Å²) in [5.41, 5.74) is 4.67. The van der Waals surface area contributed by atoms with Crippen LogP contribution in [0.4, 0.5) is 4.39 Å². The van der Waals surface area contributed by atoms with Gasteiger partial charge in [0.2, 0.25) is 0 Å². The van der Waals surface area contributed by atoms with Gasteiger partial charge in [0.15, 0.2) is 0 Å². The van der Waals surface area contributed by atoms with Crippen molar-refractivity contribution in [1.82, 2.24) is 9.97 Å². The van der Waals surface area contributed by atoms with E-state index in [2.05, 4.69) is 53.9 Å². The Balaban J connectivity index is 0.000000200. The Morgan fingerprint density at radius 2 is 1.70 bits per heavy atom. The van der Waals surface area contributed by atoms with Gasteiger partial charge in [-0.3, -0.25) is 0 Å². The molecule has 2 nitrogen and oxygen atoms in total. The zero-order valence-corrected chi connectivity index (χ0v) is 27.4. The van der Waals surface area contributed by atoms with Gasteiger partial charge in [0, 0.05) is 38.6 Å². The van der Waals surface area contributed by atoms with Gasteiger partial charge in [-0.25, -0.2) is 4.39 Å². The second-order valence-corrected chi connectivity index (χ2v) is 16.9. The minimum atomic E-state index is -1.23. The summed E-state index contributed by atoms with van der Waals surface area (Å²) in [6.45, 7) is 10.7. The molecule has 0 aliphatic heterocycles. The van der Waals surface area contributed by atoms with E-state index in [1.165, 1.54) is 11.3 Å². The maximum atomic E-state index is 13.6. The van der Waals surface area contributed by atoms with E-state index in [1.54, 1.807) is 23.6 Å². The van der Waals surface area contributed by atoms with Gasteiger partial charge in [-0.05, 0) is 56.8 Å². The van der Waals surface area contributed by atoms with Crippen LogP contribution in [-0.2, 0) is 20.1 Å². The summed E-state index contributed by atoms with van der Waals surface area (Å²) in [4.78, 5) is 9.00. The maximum absolute atomic E-state index is 13.6. The molecule has 3 aromatic heterocycles. The number of aromatic nitrogens is 2. The number of rotatable bonds is 4.